The number of aryl methyl sites for hydroxylation is 1. The molecule has 0 aliphatic rings. The fourth-order valence-corrected chi connectivity index (χ4v) is 1.71. The lowest BCUT2D eigenvalue weighted by molar-refractivity contribution is 0.666. The van der Waals surface area contributed by atoms with Gasteiger partial charge in [-0.1, -0.05) is 0 Å². The normalized spacial score (nSPS) is 13.2. The van der Waals surface area contributed by atoms with Gasteiger partial charge in [-0.15, -0.1) is 0 Å². The van der Waals surface area contributed by atoms with Crippen LogP contribution in [0.15, 0.2) is 18.5 Å². The van der Waals surface area contributed by atoms with E-state index < -0.39 is 0 Å². The molecule has 4 heteroatoms. The van der Waals surface area contributed by atoms with Gasteiger partial charge >= 0.3 is 0 Å². The van der Waals surface area contributed by atoms with Crippen molar-refractivity contribution in [1.82, 2.24) is 9.78 Å². The monoisotopic (exact) mass is 185 g/mol. The summed E-state index contributed by atoms with van der Waals surface area (Å²) in [6.07, 6.45) is 3.78. The van der Waals surface area contributed by atoms with Gasteiger partial charge in [0.1, 0.15) is 0 Å². The Morgan fingerprint density at radius 3 is 3.08 bits per heavy atom. The Kier molecular flexibility index (Phi) is 4.18. The summed E-state index contributed by atoms with van der Waals surface area (Å²) in [7, 11) is 0. The van der Waals surface area contributed by atoms with Crippen molar-refractivity contribution in [1.29, 1.82) is 0 Å². The topological polar surface area (TPSA) is 43.8 Å². The summed E-state index contributed by atoms with van der Waals surface area (Å²) in [5.74, 6) is 2.12. The summed E-state index contributed by atoms with van der Waals surface area (Å²) in [4.78, 5) is 0. The number of hydrogen-bond donors (Lipinski definition) is 1. The van der Waals surface area contributed by atoms with E-state index in [9.17, 15) is 0 Å². The van der Waals surface area contributed by atoms with Gasteiger partial charge in [-0.05, 0) is 13.0 Å². The van der Waals surface area contributed by atoms with Gasteiger partial charge in [0.05, 0.1) is 0 Å². The highest BCUT2D eigenvalue weighted by molar-refractivity contribution is 7.99. The van der Waals surface area contributed by atoms with Crippen LogP contribution in [0.5, 0.6) is 0 Å². The van der Waals surface area contributed by atoms with Gasteiger partial charge in [0.2, 0.25) is 0 Å². The van der Waals surface area contributed by atoms with E-state index in [1.807, 2.05) is 35.6 Å². The number of thioether (sulfide) groups is 1. The van der Waals surface area contributed by atoms with Crippen LogP contribution >= 0.6 is 11.8 Å². The first-order valence-corrected chi connectivity index (χ1v) is 5.25. The minimum Gasteiger partial charge on any atom is -0.327 e. The molecule has 0 aromatic carbocycles. The van der Waals surface area contributed by atoms with E-state index >= 15 is 0 Å². The molecule has 0 aliphatic carbocycles. The third-order valence-electron chi connectivity index (χ3n) is 1.40. The standard InChI is InChI=1S/C8H15N3S/c1-8(9)7-12-6-5-11-4-2-3-10-11/h2-4,8H,5-7,9H2,1H3. The van der Waals surface area contributed by atoms with Crippen LogP contribution < -0.4 is 5.73 Å². The molecular weight excluding hydrogens is 170 g/mol. The van der Waals surface area contributed by atoms with E-state index in [2.05, 4.69) is 5.10 Å². The van der Waals surface area contributed by atoms with Crippen LogP contribution in [-0.4, -0.2) is 27.3 Å². The SMILES string of the molecule is CC(N)CSCCn1cccn1. The Bertz CT molecular complexity index is 196. The average molecular weight is 185 g/mol. The molecule has 0 aliphatic heterocycles. The lowest BCUT2D eigenvalue weighted by Crippen LogP contribution is -2.18. The molecule has 0 fully saturated rings. The number of nitrogens with two attached hydrogens (primary N) is 1. The Morgan fingerprint density at radius 1 is 1.67 bits per heavy atom. The summed E-state index contributed by atoms with van der Waals surface area (Å²) >= 11 is 1.87. The second-order valence-corrected chi connectivity index (χ2v) is 3.97. The number of nitrogens with zero attached hydrogens (tertiary/aromatic N) is 2. The summed E-state index contributed by atoms with van der Waals surface area (Å²) < 4.78 is 1.94. The molecule has 0 amide bonds. The summed E-state index contributed by atoms with van der Waals surface area (Å²) in [5.41, 5.74) is 5.61. The first kappa shape index (κ1) is 9.61. The predicted molar refractivity (Wildman–Crippen MR) is 53.2 cm³/mol. The van der Waals surface area contributed by atoms with E-state index in [-0.39, 0.29) is 0 Å². The van der Waals surface area contributed by atoms with Crippen molar-refractivity contribution < 1.29 is 0 Å². The largest absolute Gasteiger partial charge is 0.327 e. The highest BCUT2D eigenvalue weighted by Gasteiger charge is 1.94. The van der Waals surface area contributed by atoms with E-state index in [1.165, 1.54) is 0 Å². The van der Waals surface area contributed by atoms with Gasteiger partial charge in [0.15, 0.2) is 0 Å². The minimum absolute atomic E-state index is 0.299. The molecular formula is C8H15N3S. The van der Waals surface area contributed by atoms with Crippen LogP contribution in [0.2, 0.25) is 0 Å². The number of aromatic nitrogens is 2. The third kappa shape index (κ3) is 3.78. The van der Waals surface area contributed by atoms with Crippen molar-refractivity contribution in [2.45, 2.75) is 19.5 Å². The highest BCUT2D eigenvalue weighted by atomic mass is 32.2. The van der Waals surface area contributed by atoms with Crippen LogP contribution in [-0.2, 0) is 6.54 Å². The lowest BCUT2D eigenvalue weighted by atomic mass is 10.4. The second kappa shape index (κ2) is 5.22. The van der Waals surface area contributed by atoms with Gasteiger partial charge in [-0.2, -0.15) is 16.9 Å². The van der Waals surface area contributed by atoms with Crippen molar-refractivity contribution in [3.63, 3.8) is 0 Å². The zero-order valence-corrected chi connectivity index (χ0v) is 8.13. The summed E-state index contributed by atoms with van der Waals surface area (Å²) in [6.45, 7) is 3.01. The molecule has 2 N–H and O–H groups in total. The Morgan fingerprint density at radius 2 is 2.50 bits per heavy atom. The molecule has 1 aromatic rings. The molecule has 1 unspecified atom stereocenters. The quantitative estimate of drug-likeness (QED) is 0.695. The molecule has 3 nitrogen and oxygen atoms in total. The smallest absolute Gasteiger partial charge is 0.0499 e. The van der Waals surface area contributed by atoms with Crippen LogP contribution in [0.3, 0.4) is 0 Å². The van der Waals surface area contributed by atoms with E-state index in [0.717, 1.165) is 18.1 Å². The molecule has 0 bridgehead atoms. The van der Waals surface area contributed by atoms with Gasteiger partial charge < -0.3 is 5.73 Å². The van der Waals surface area contributed by atoms with E-state index in [0.29, 0.717) is 6.04 Å². The number of rotatable bonds is 5. The highest BCUT2D eigenvalue weighted by Crippen LogP contribution is 2.02. The molecule has 1 rings (SSSR count). The van der Waals surface area contributed by atoms with Crippen molar-refractivity contribution in [3.05, 3.63) is 18.5 Å². The van der Waals surface area contributed by atoms with E-state index in [1.54, 1.807) is 6.20 Å². The van der Waals surface area contributed by atoms with Crippen LogP contribution in [0.25, 0.3) is 0 Å². The average Bonchev–Trinajstić information content (AvgIpc) is 2.49. The molecule has 1 atom stereocenters. The zero-order chi connectivity index (χ0) is 8.81. The molecule has 0 saturated carbocycles. The van der Waals surface area contributed by atoms with Gasteiger partial charge in [0.25, 0.3) is 0 Å². The molecule has 1 heterocycles. The Labute approximate surface area is 77.3 Å². The molecule has 12 heavy (non-hydrogen) atoms. The van der Waals surface area contributed by atoms with Crippen molar-refractivity contribution in [2.75, 3.05) is 11.5 Å². The molecule has 68 valence electrons. The van der Waals surface area contributed by atoms with Gasteiger partial charge in [-0.3, -0.25) is 4.68 Å². The fourth-order valence-electron chi connectivity index (χ4n) is 0.860. The van der Waals surface area contributed by atoms with Gasteiger partial charge in [0, 0.05) is 36.5 Å². The van der Waals surface area contributed by atoms with Crippen LogP contribution in [0, 0.1) is 0 Å². The molecule has 0 spiro atoms. The predicted octanol–water partition coefficient (Wildman–Crippen LogP) is 0.963. The maximum Gasteiger partial charge on any atom is 0.0499 e. The molecule has 1 aromatic heterocycles. The van der Waals surface area contributed by atoms with Crippen LogP contribution in [0.1, 0.15) is 6.92 Å². The van der Waals surface area contributed by atoms with Crippen molar-refractivity contribution in [3.8, 4) is 0 Å². The van der Waals surface area contributed by atoms with Crippen molar-refractivity contribution in [2.24, 2.45) is 5.73 Å². The Hall–Kier alpha value is -0.480. The summed E-state index contributed by atoms with van der Waals surface area (Å²) in [6, 6.07) is 2.24. The Balaban J connectivity index is 2.04. The lowest BCUT2D eigenvalue weighted by Gasteiger charge is -2.04. The zero-order valence-electron chi connectivity index (χ0n) is 7.31. The maximum atomic E-state index is 5.61. The minimum atomic E-state index is 0.299. The fraction of sp³-hybridized carbons (Fsp3) is 0.625. The maximum absolute atomic E-state index is 5.61. The van der Waals surface area contributed by atoms with Crippen LogP contribution in [0.4, 0.5) is 0 Å². The molecule has 0 saturated heterocycles. The first-order valence-electron chi connectivity index (χ1n) is 4.10. The van der Waals surface area contributed by atoms with E-state index in [4.69, 9.17) is 5.73 Å². The molecule has 0 radical (unpaired) electrons. The first-order chi connectivity index (χ1) is 5.79. The van der Waals surface area contributed by atoms with Crippen molar-refractivity contribution >= 4 is 11.8 Å². The second-order valence-electron chi connectivity index (χ2n) is 2.82. The van der Waals surface area contributed by atoms with Gasteiger partial charge in [-0.25, -0.2) is 0 Å². The number of hydrogen-bond acceptors (Lipinski definition) is 3. The third-order valence-corrected chi connectivity index (χ3v) is 2.64. The summed E-state index contributed by atoms with van der Waals surface area (Å²) in [5, 5.41) is 4.10.